The number of ether oxygens (including phenoxy) is 2. The van der Waals surface area contributed by atoms with Gasteiger partial charge in [-0.3, -0.25) is 4.79 Å². The number of methoxy groups -OCH3 is 1. The van der Waals surface area contributed by atoms with Gasteiger partial charge < -0.3 is 20.5 Å². The molecule has 0 unspecified atom stereocenters. The van der Waals surface area contributed by atoms with E-state index in [0.29, 0.717) is 13.2 Å². The van der Waals surface area contributed by atoms with Gasteiger partial charge in [0.2, 0.25) is 11.9 Å². The Morgan fingerprint density at radius 2 is 2.43 bits per heavy atom. The number of carbonyl (C=O) groups excluding carboxylic acids is 1. The summed E-state index contributed by atoms with van der Waals surface area (Å²) in [5.41, 5.74) is 6.61. The molecule has 1 aliphatic heterocycles. The Hall–Kier alpha value is -2.84. The number of anilines is 1. The maximum Gasteiger partial charge on any atom is 0.241 e. The Morgan fingerprint density at radius 3 is 3.17 bits per heavy atom. The van der Waals surface area contributed by atoms with E-state index in [1.807, 2.05) is 18.2 Å². The Balaban J connectivity index is 1.54. The van der Waals surface area contributed by atoms with Crippen LogP contribution in [0.2, 0.25) is 0 Å². The van der Waals surface area contributed by atoms with Gasteiger partial charge in [0.15, 0.2) is 11.5 Å². The monoisotopic (exact) mass is 318 g/mol. The summed E-state index contributed by atoms with van der Waals surface area (Å²) in [5.74, 6) is 1.64. The third kappa shape index (κ3) is 3.33. The van der Waals surface area contributed by atoms with Crippen LogP contribution in [-0.4, -0.2) is 46.4 Å². The first-order chi connectivity index (χ1) is 11.2. The van der Waals surface area contributed by atoms with Gasteiger partial charge in [0.25, 0.3) is 0 Å². The third-order valence-corrected chi connectivity index (χ3v) is 3.69. The number of hydrogen-bond donors (Lipinski definition) is 2. The molecule has 0 aliphatic carbocycles. The minimum Gasteiger partial charge on any atom is -0.493 e. The normalized spacial score (nSPS) is 16.3. The molecule has 0 radical (unpaired) electrons. The van der Waals surface area contributed by atoms with E-state index in [1.165, 1.54) is 4.68 Å². The molecule has 3 rings (SSSR count). The molecule has 0 fully saturated rings. The number of benzene rings is 1. The standard InChI is InChI=1S/C14H18N6O3/c1-22-11-4-2-3-10-5-9(8-23-13(10)11)6-16-12(21)7-20-14(15)17-18-19-20/h2-4,9H,5-8H2,1H3,(H,16,21)(H2,15,17,19)/t9-/m0/s1. The molecule has 3 N–H and O–H groups in total. The molecular formula is C14H18N6O3. The van der Waals surface area contributed by atoms with Crippen LogP contribution in [0.3, 0.4) is 0 Å². The zero-order valence-corrected chi connectivity index (χ0v) is 12.7. The Bertz CT molecular complexity index is 702. The molecule has 0 bridgehead atoms. The van der Waals surface area contributed by atoms with Crippen molar-refractivity contribution in [3.8, 4) is 11.5 Å². The van der Waals surface area contributed by atoms with Crippen molar-refractivity contribution in [2.45, 2.75) is 13.0 Å². The largest absolute Gasteiger partial charge is 0.493 e. The van der Waals surface area contributed by atoms with E-state index in [-0.39, 0.29) is 24.3 Å². The number of nitrogens with zero attached hydrogens (tertiary/aromatic N) is 4. The highest BCUT2D eigenvalue weighted by Crippen LogP contribution is 2.35. The lowest BCUT2D eigenvalue weighted by atomic mass is 9.96. The van der Waals surface area contributed by atoms with Crippen LogP contribution >= 0.6 is 0 Å². The number of hydrogen-bond acceptors (Lipinski definition) is 7. The van der Waals surface area contributed by atoms with Crippen LogP contribution in [0.4, 0.5) is 5.95 Å². The Kier molecular flexibility index (Phi) is 4.26. The van der Waals surface area contributed by atoms with Crippen molar-refractivity contribution in [1.82, 2.24) is 25.5 Å². The molecule has 23 heavy (non-hydrogen) atoms. The predicted molar refractivity (Wildman–Crippen MR) is 80.9 cm³/mol. The summed E-state index contributed by atoms with van der Waals surface area (Å²) in [6, 6.07) is 5.81. The highest BCUT2D eigenvalue weighted by atomic mass is 16.5. The smallest absolute Gasteiger partial charge is 0.241 e. The summed E-state index contributed by atoms with van der Waals surface area (Å²) >= 11 is 0. The van der Waals surface area contributed by atoms with Crippen molar-refractivity contribution in [3.05, 3.63) is 23.8 Å². The number of tetrazole rings is 1. The van der Waals surface area contributed by atoms with Crippen molar-refractivity contribution in [3.63, 3.8) is 0 Å². The fourth-order valence-electron chi connectivity index (χ4n) is 2.52. The first kappa shape index (κ1) is 15.1. The van der Waals surface area contributed by atoms with Gasteiger partial charge in [0.05, 0.1) is 13.7 Å². The molecule has 9 nitrogen and oxygen atoms in total. The maximum absolute atomic E-state index is 11.9. The van der Waals surface area contributed by atoms with Crippen LogP contribution in [0, 0.1) is 5.92 Å². The van der Waals surface area contributed by atoms with Crippen molar-refractivity contribution in [1.29, 1.82) is 0 Å². The topological polar surface area (TPSA) is 117 Å². The number of carbonyl (C=O) groups is 1. The van der Waals surface area contributed by atoms with Gasteiger partial charge in [0, 0.05) is 12.5 Å². The van der Waals surface area contributed by atoms with E-state index in [0.717, 1.165) is 23.5 Å². The molecule has 1 aromatic heterocycles. The second kappa shape index (κ2) is 6.51. The molecule has 0 spiro atoms. The van der Waals surface area contributed by atoms with Crippen molar-refractivity contribution < 1.29 is 14.3 Å². The zero-order chi connectivity index (χ0) is 16.2. The van der Waals surface area contributed by atoms with Crippen LogP contribution in [0.5, 0.6) is 11.5 Å². The van der Waals surface area contributed by atoms with Crippen LogP contribution < -0.4 is 20.5 Å². The molecule has 0 saturated heterocycles. The van der Waals surface area contributed by atoms with Gasteiger partial charge in [-0.1, -0.05) is 17.2 Å². The molecule has 9 heteroatoms. The number of fused-ring (bicyclic) bond motifs is 1. The highest BCUT2D eigenvalue weighted by molar-refractivity contribution is 5.75. The van der Waals surface area contributed by atoms with Crippen LogP contribution in [0.1, 0.15) is 5.56 Å². The number of rotatable bonds is 5. The average molecular weight is 318 g/mol. The van der Waals surface area contributed by atoms with Crippen LogP contribution in [0.25, 0.3) is 0 Å². The van der Waals surface area contributed by atoms with Crippen LogP contribution in [0.15, 0.2) is 18.2 Å². The van der Waals surface area contributed by atoms with Crippen LogP contribution in [-0.2, 0) is 17.8 Å². The van der Waals surface area contributed by atoms with E-state index < -0.39 is 0 Å². The Labute approximate surface area is 132 Å². The molecule has 2 heterocycles. The van der Waals surface area contributed by atoms with E-state index >= 15 is 0 Å². The van der Waals surface area contributed by atoms with Gasteiger partial charge in [0.1, 0.15) is 6.54 Å². The third-order valence-electron chi connectivity index (χ3n) is 3.69. The van der Waals surface area contributed by atoms with Crippen molar-refractivity contribution in [2.24, 2.45) is 5.92 Å². The summed E-state index contributed by atoms with van der Waals surface area (Å²) in [6.07, 6.45) is 0.819. The molecule has 1 aromatic carbocycles. The van der Waals surface area contributed by atoms with E-state index in [4.69, 9.17) is 15.2 Å². The quantitative estimate of drug-likeness (QED) is 0.772. The lowest BCUT2D eigenvalue weighted by Crippen LogP contribution is -2.36. The fraction of sp³-hybridized carbons (Fsp3) is 0.429. The van der Waals surface area contributed by atoms with Crippen molar-refractivity contribution >= 4 is 11.9 Å². The summed E-state index contributed by atoms with van der Waals surface area (Å²) in [5, 5.41) is 13.4. The molecule has 122 valence electrons. The minimum absolute atomic E-state index is 0.00315. The number of aromatic nitrogens is 4. The zero-order valence-electron chi connectivity index (χ0n) is 12.7. The predicted octanol–water partition coefficient (Wildman–Crippen LogP) is -0.369. The molecular weight excluding hydrogens is 300 g/mol. The summed E-state index contributed by atoms with van der Waals surface area (Å²) in [7, 11) is 1.62. The van der Waals surface area contributed by atoms with Gasteiger partial charge in [-0.15, -0.1) is 0 Å². The molecule has 1 atom stereocenters. The van der Waals surface area contributed by atoms with Gasteiger partial charge >= 0.3 is 0 Å². The second-order valence-corrected chi connectivity index (χ2v) is 5.33. The highest BCUT2D eigenvalue weighted by Gasteiger charge is 2.23. The molecule has 2 aromatic rings. The molecule has 1 aliphatic rings. The average Bonchev–Trinajstić information content (AvgIpc) is 2.97. The Morgan fingerprint density at radius 1 is 1.57 bits per heavy atom. The van der Waals surface area contributed by atoms with Crippen molar-refractivity contribution in [2.75, 3.05) is 26.0 Å². The SMILES string of the molecule is COc1cccc2c1OC[C@H](CNC(=O)Cn1nnnc1N)C2. The first-order valence-electron chi connectivity index (χ1n) is 7.24. The molecule has 0 saturated carbocycles. The lowest BCUT2D eigenvalue weighted by Gasteiger charge is -2.26. The number of amides is 1. The number of nitrogens with one attached hydrogen (secondary N) is 1. The lowest BCUT2D eigenvalue weighted by molar-refractivity contribution is -0.122. The number of nitrogen functional groups attached to an aromatic ring is 1. The van der Waals surface area contributed by atoms with Gasteiger partial charge in [-0.25, -0.2) is 4.68 Å². The number of para-hydroxylation sites is 1. The summed E-state index contributed by atoms with van der Waals surface area (Å²) < 4.78 is 12.3. The van der Waals surface area contributed by atoms with Gasteiger partial charge in [-0.2, -0.15) is 0 Å². The fourth-order valence-corrected chi connectivity index (χ4v) is 2.52. The number of nitrogens with two attached hydrogens (primary N) is 1. The van der Waals surface area contributed by atoms with E-state index in [2.05, 4.69) is 20.8 Å². The van der Waals surface area contributed by atoms with E-state index in [1.54, 1.807) is 7.11 Å². The van der Waals surface area contributed by atoms with Gasteiger partial charge in [-0.05, 0) is 28.5 Å². The second-order valence-electron chi connectivity index (χ2n) is 5.33. The minimum atomic E-state index is -0.194. The maximum atomic E-state index is 11.9. The summed E-state index contributed by atoms with van der Waals surface area (Å²) in [4.78, 5) is 11.9. The van der Waals surface area contributed by atoms with E-state index in [9.17, 15) is 4.79 Å². The summed E-state index contributed by atoms with van der Waals surface area (Å²) in [6.45, 7) is 1.04. The molecule has 1 amide bonds. The first-order valence-corrected chi connectivity index (χ1v) is 7.24.